The van der Waals surface area contributed by atoms with Crippen LogP contribution in [0.2, 0.25) is 0 Å². The number of hydrogen-bond donors (Lipinski definition) is 1. The molecule has 0 spiro atoms. The van der Waals surface area contributed by atoms with Gasteiger partial charge in [-0.25, -0.2) is 4.79 Å². The van der Waals surface area contributed by atoms with E-state index in [2.05, 4.69) is 4.74 Å². The number of hydrogen-bond acceptors (Lipinski definition) is 6. The fourth-order valence-corrected chi connectivity index (χ4v) is 2.19. The number of amides is 1. The zero-order chi connectivity index (χ0) is 14.9. The Balaban J connectivity index is 2.61. The van der Waals surface area contributed by atoms with Gasteiger partial charge in [0.05, 0.1) is 17.6 Å². The third kappa shape index (κ3) is 2.32. The lowest BCUT2D eigenvalue weighted by Gasteiger charge is -2.18. The van der Waals surface area contributed by atoms with Crippen molar-refractivity contribution in [2.45, 2.75) is 12.5 Å². The van der Waals surface area contributed by atoms with Crippen molar-refractivity contribution in [3.8, 4) is 0 Å². The Morgan fingerprint density at radius 1 is 1.55 bits per heavy atom. The zero-order valence-corrected chi connectivity index (χ0v) is 10.7. The highest BCUT2D eigenvalue weighted by Gasteiger charge is 2.35. The van der Waals surface area contributed by atoms with Gasteiger partial charge >= 0.3 is 5.97 Å². The van der Waals surface area contributed by atoms with Crippen LogP contribution in [-0.4, -0.2) is 36.5 Å². The number of esters is 1. The number of benzene rings is 1. The van der Waals surface area contributed by atoms with Gasteiger partial charge < -0.3 is 15.4 Å². The SMILES string of the molecule is COC(=O)c1cccc([N+](=O)[O-])c1N1CC(N)CC1=O. The van der Waals surface area contributed by atoms with Gasteiger partial charge in [0.15, 0.2) is 0 Å². The molecule has 1 atom stereocenters. The molecule has 1 aliphatic rings. The lowest BCUT2D eigenvalue weighted by Crippen LogP contribution is -2.30. The minimum absolute atomic E-state index is 0.0239. The maximum absolute atomic E-state index is 11.9. The van der Waals surface area contributed by atoms with Gasteiger partial charge in [0.1, 0.15) is 5.69 Å². The van der Waals surface area contributed by atoms with E-state index in [1.807, 2.05) is 0 Å². The first kappa shape index (κ1) is 13.9. The van der Waals surface area contributed by atoms with Crippen LogP contribution in [0.25, 0.3) is 0 Å². The van der Waals surface area contributed by atoms with Crippen LogP contribution >= 0.6 is 0 Å². The van der Waals surface area contributed by atoms with Crippen molar-refractivity contribution in [1.29, 1.82) is 0 Å². The maximum atomic E-state index is 11.9. The van der Waals surface area contributed by atoms with Gasteiger partial charge in [-0.3, -0.25) is 14.9 Å². The summed E-state index contributed by atoms with van der Waals surface area (Å²) in [6, 6.07) is 3.58. The van der Waals surface area contributed by atoms with Gasteiger partial charge in [-0.05, 0) is 6.07 Å². The number of methoxy groups -OCH3 is 1. The molecule has 1 aromatic rings. The first-order valence-corrected chi connectivity index (χ1v) is 5.87. The molecule has 20 heavy (non-hydrogen) atoms. The van der Waals surface area contributed by atoms with Gasteiger partial charge in [-0.2, -0.15) is 0 Å². The quantitative estimate of drug-likeness (QED) is 0.487. The molecule has 1 unspecified atom stereocenters. The number of anilines is 1. The summed E-state index contributed by atoms with van der Waals surface area (Å²) in [6.45, 7) is 0.133. The molecule has 2 N–H and O–H groups in total. The maximum Gasteiger partial charge on any atom is 0.340 e. The standard InChI is InChI=1S/C12H13N3O5/c1-20-12(17)8-3-2-4-9(15(18)19)11(8)14-6-7(13)5-10(14)16/h2-4,7H,5-6,13H2,1H3. The van der Waals surface area contributed by atoms with Crippen molar-refractivity contribution in [2.75, 3.05) is 18.6 Å². The fraction of sp³-hybridized carbons (Fsp3) is 0.333. The fourth-order valence-electron chi connectivity index (χ4n) is 2.19. The summed E-state index contributed by atoms with van der Waals surface area (Å²) in [6.07, 6.45) is 0.0899. The molecule has 1 saturated heterocycles. The van der Waals surface area contributed by atoms with Crippen molar-refractivity contribution >= 4 is 23.3 Å². The largest absolute Gasteiger partial charge is 0.465 e. The van der Waals surface area contributed by atoms with Gasteiger partial charge in [-0.1, -0.05) is 6.07 Å². The highest BCUT2D eigenvalue weighted by molar-refractivity contribution is 6.06. The summed E-state index contributed by atoms with van der Waals surface area (Å²) in [4.78, 5) is 35.3. The minimum Gasteiger partial charge on any atom is -0.465 e. The van der Waals surface area contributed by atoms with Crippen LogP contribution in [0.5, 0.6) is 0 Å². The summed E-state index contributed by atoms with van der Waals surface area (Å²) in [5.41, 5.74) is 5.29. The number of carbonyl (C=O) groups is 2. The summed E-state index contributed by atoms with van der Waals surface area (Å²) < 4.78 is 4.60. The lowest BCUT2D eigenvalue weighted by molar-refractivity contribution is -0.384. The molecule has 0 aromatic heterocycles. The van der Waals surface area contributed by atoms with Crippen molar-refractivity contribution in [1.82, 2.24) is 0 Å². The predicted molar refractivity (Wildman–Crippen MR) is 69.4 cm³/mol. The van der Waals surface area contributed by atoms with Gasteiger partial charge in [0.25, 0.3) is 5.69 Å². The molecule has 2 rings (SSSR count). The molecule has 0 aliphatic carbocycles. The number of nitrogens with two attached hydrogens (primary N) is 1. The number of ether oxygens (including phenoxy) is 1. The van der Waals surface area contributed by atoms with E-state index in [0.717, 1.165) is 0 Å². The molecule has 1 fully saturated rings. The van der Waals surface area contributed by atoms with Crippen molar-refractivity contribution in [3.05, 3.63) is 33.9 Å². The smallest absolute Gasteiger partial charge is 0.340 e. The molecule has 1 aromatic carbocycles. The molecule has 8 nitrogen and oxygen atoms in total. The second-order valence-electron chi connectivity index (χ2n) is 4.39. The summed E-state index contributed by atoms with van der Waals surface area (Å²) in [7, 11) is 1.17. The second kappa shape index (κ2) is 5.25. The predicted octanol–water partition coefficient (Wildman–Crippen LogP) is 0.445. The molecule has 0 radical (unpaired) electrons. The summed E-state index contributed by atoms with van der Waals surface area (Å²) in [5, 5.41) is 11.1. The van der Waals surface area contributed by atoms with Crippen molar-refractivity contribution in [2.24, 2.45) is 5.73 Å². The van der Waals surface area contributed by atoms with Crippen LogP contribution in [0.1, 0.15) is 16.8 Å². The average Bonchev–Trinajstić information content (AvgIpc) is 2.75. The number of nitro benzene ring substituents is 1. The molecule has 0 bridgehead atoms. The van der Waals surface area contributed by atoms with E-state index in [0.29, 0.717) is 0 Å². The molecule has 0 saturated carbocycles. The Morgan fingerprint density at radius 3 is 2.75 bits per heavy atom. The third-order valence-electron chi connectivity index (χ3n) is 3.04. The Bertz CT molecular complexity index is 586. The van der Waals surface area contributed by atoms with Crippen LogP contribution in [0.4, 0.5) is 11.4 Å². The number of nitrogens with zero attached hydrogens (tertiary/aromatic N) is 2. The normalized spacial score (nSPS) is 18.2. The van der Waals surface area contributed by atoms with Gasteiger partial charge in [0.2, 0.25) is 5.91 Å². The lowest BCUT2D eigenvalue weighted by atomic mass is 10.1. The molecule has 1 amide bonds. The Labute approximate surface area is 114 Å². The van der Waals surface area contributed by atoms with E-state index in [9.17, 15) is 19.7 Å². The van der Waals surface area contributed by atoms with E-state index >= 15 is 0 Å². The Hall–Kier alpha value is -2.48. The van der Waals surface area contributed by atoms with Gasteiger partial charge in [0, 0.05) is 25.1 Å². The van der Waals surface area contributed by atoms with E-state index in [4.69, 9.17) is 5.73 Å². The number of para-hydroxylation sites is 1. The van der Waals surface area contributed by atoms with Crippen LogP contribution in [0.3, 0.4) is 0 Å². The third-order valence-corrected chi connectivity index (χ3v) is 3.04. The monoisotopic (exact) mass is 279 g/mol. The first-order chi connectivity index (χ1) is 9.45. The minimum atomic E-state index is -0.739. The summed E-state index contributed by atoms with van der Waals surface area (Å²) in [5.74, 6) is -1.09. The van der Waals surface area contributed by atoms with E-state index in [1.54, 1.807) is 0 Å². The first-order valence-electron chi connectivity index (χ1n) is 5.87. The number of rotatable bonds is 3. The van der Waals surface area contributed by atoms with Gasteiger partial charge in [-0.15, -0.1) is 0 Å². The molecule has 1 heterocycles. The molecular formula is C12H13N3O5. The Kier molecular flexibility index (Phi) is 3.66. The van der Waals surface area contributed by atoms with Crippen molar-refractivity contribution in [3.63, 3.8) is 0 Å². The second-order valence-corrected chi connectivity index (χ2v) is 4.39. The van der Waals surface area contributed by atoms with Crippen LogP contribution in [0.15, 0.2) is 18.2 Å². The average molecular weight is 279 g/mol. The van der Waals surface area contributed by atoms with Crippen molar-refractivity contribution < 1.29 is 19.2 Å². The number of carbonyl (C=O) groups excluding carboxylic acids is 2. The van der Waals surface area contributed by atoms with E-state index in [1.165, 1.54) is 30.2 Å². The molecular weight excluding hydrogens is 266 g/mol. The Morgan fingerprint density at radius 2 is 2.25 bits per heavy atom. The zero-order valence-electron chi connectivity index (χ0n) is 10.7. The highest BCUT2D eigenvalue weighted by Crippen LogP contribution is 2.34. The molecule has 106 valence electrons. The summed E-state index contributed by atoms with van der Waals surface area (Å²) >= 11 is 0. The molecule has 1 aliphatic heterocycles. The van der Waals surface area contributed by atoms with Crippen LogP contribution in [-0.2, 0) is 9.53 Å². The highest BCUT2D eigenvalue weighted by atomic mass is 16.6. The van der Waals surface area contributed by atoms with Crippen LogP contribution in [0, 0.1) is 10.1 Å². The molecule has 8 heteroatoms. The topological polar surface area (TPSA) is 116 Å². The van der Waals surface area contributed by atoms with E-state index in [-0.39, 0.29) is 35.8 Å². The van der Waals surface area contributed by atoms with E-state index < -0.39 is 16.9 Å². The van der Waals surface area contributed by atoms with Crippen LogP contribution < -0.4 is 10.6 Å². The number of nitro groups is 1.